The second-order valence-corrected chi connectivity index (χ2v) is 9.88. The summed E-state index contributed by atoms with van der Waals surface area (Å²) in [7, 11) is 1.95. The zero-order valence-electron chi connectivity index (χ0n) is 23.1. The number of nitrogens with zero attached hydrogens (tertiary/aromatic N) is 2. The topological polar surface area (TPSA) is 86.3 Å². The van der Waals surface area contributed by atoms with Crippen LogP contribution in [0.4, 0.5) is 5.69 Å². The molecule has 1 aliphatic rings. The van der Waals surface area contributed by atoms with Crippen LogP contribution in [0.2, 0.25) is 0 Å². The number of rotatable bonds is 8. The molecule has 0 radical (unpaired) electrons. The third-order valence-electron chi connectivity index (χ3n) is 7.15. The van der Waals surface area contributed by atoms with Gasteiger partial charge >= 0.3 is 0 Å². The molecule has 6 N–H and O–H groups in total. The Labute approximate surface area is 232 Å². The summed E-state index contributed by atoms with van der Waals surface area (Å²) in [6.07, 6.45) is 4.96. The van der Waals surface area contributed by atoms with Crippen molar-refractivity contribution >= 4 is 22.2 Å². The van der Waals surface area contributed by atoms with E-state index in [0.717, 1.165) is 43.0 Å². The molecule has 0 atom stereocenters. The number of hydrogen-bond donors (Lipinski definition) is 4. The predicted molar refractivity (Wildman–Crippen MR) is 166 cm³/mol. The second kappa shape index (κ2) is 12.9. The van der Waals surface area contributed by atoms with Gasteiger partial charge in [0, 0.05) is 44.1 Å². The van der Waals surface area contributed by atoms with Crippen molar-refractivity contribution in [1.29, 1.82) is 0 Å². The van der Waals surface area contributed by atoms with Crippen molar-refractivity contribution in [3.05, 3.63) is 132 Å². The molecule has 0 saturated carbocycles. The van der Waals surface area contributed by atoms with Crippen molar-refractivity contribution in [3.8, 4) is 0 Å². The lowest BCUT2D eigenvalue weighted by atomic mass is 9.96. The Balaban J connectivity index is 0.00000112. The number of aromatic nitrogens is 1. The fourth-order valence-corrected chi connectivity index (χ4v) is 5.23. The van der Waals surface area contributed by atoms with Crippen LogP contribution < -0.4 is 16.9 Å². The van der Waals surface area contributed by atoms with Crippen LogP contribution in [0.5, 0.6) is 0 Å². The van der Waals surface area contributed by atoms with Gasteiger partial charge in [-0.3, -0.25) is 0 Å². The Bertz CT molecular complexity index is 1450. The SMILES string of the molecule is C=C(c1ccc[nH]1)N1CCC(N(N)Cc2cccc3cc(NC)ccc23)=C(Cc2cccc(C)c2)C1.C=CN. The Hall–Kier alpha value is -4.42. The highest BCUT2D eigenvalue weighted by atomic mass is 15.4. The number of fused-ring (bicyclic) bond motifs is 1. The van der Waals surface area contributed by atoms with E-state index in [2.05, 4.69) is 108 Å². The van der Waals surface area contributed by atoms with Crippen LogP contribution in [-0.4, -0.2) is 35.0 Å². The fourth-order valence-electron chi connectivity index (χ4n) is 5.23. The second-order valence-electron chi connectivity index (χ2n) is 9.88. The fraction of sp³-hybridized carbons (Fsp3) is 0.212. The number of hydrogen-bond acceptors (Lipinski definition) is 5. The summed E-state index contributed by atoms with van der Waals surface area (Å²) in [5.41, 5.74) is 14.2. The zero-order chi connectivity index (χ0) is 27.8. The van der Waals surface area contributed by atoms with E-state index in [0.29, 0.717) is 6.54 Å². The molecule has 6 heteroatoms. The average molecular weight is 521 g/mol. The van der Waals surface area contributed by atoms with E-state index in [1.165, 1.54) is 44.9 Å². The Morgan fingerprint density at radius 1 is 1.10 bits per heavy atom. The van der Waals surface area contributed by atoms with E-state index in [9.17, 15) is 0 Å². The highest BCUT2D eigenvalue weighted by Crippen LogP contribution is 2.30. The highest BCUT2D eigenvalue weighted by Gasteiger charge is 2.24. The summed E-state index contributed by atoms with van der Waals surface area (Å²) < 4.78 is 0. The van der Waals surface area contributed by atoms with Gasteiger partial charge in [0.15, 0.2) is 0 Å². The van der Waals surface area contributed by atoms with Crippen LogP contribution in [0.3, 0.4) is 0 Å². The number of hydrazine groups is 1. The minimum absolute atomic E-state index is 0.667. The molecule has 202 valence electrons. The lowest BCUT2D eigenvalue weighted by Crippen LogP contribution is -2.39. The van der Waals surface area contributed by atoms with E-state index in [4.69, 9.17) is 5.84 Å². The third kappa shape index (κ3) is 6.72. The van der Waals surface area contributed by atoms with Gasteiger partial charge < -0.3 is 25.9 Å². The van der Waals surface area contributed by atoms with E-state index in [1.807, 2.05) is 24.3 Å². The summed E-state index contributed by atoms with van der Waals surface area (Å²) in [5, 5.41) is 7.67. The van der Waals surface area contributed by atoms with E-state index in [1.54, 1.807) is 0 Å². The molecule has 0 aliphatic carbocycles. The van der Waals surface area contributed by atoms with Gasteiger partial charge in [-0.1, -0.05) is 67.3 Å². The largest absolute Gasteiger partial charge is 0.405 e. The predicted octanol–water partition coefficient (Wildman–Crippen LogP) is 6.16. The molecular weight excluding hydrogens is 480 g/mol. The van der Waals surface area contributed by atoms with E-state index < -0.39 is 0 Å². The number of aromatic amines is 1. The number of aryl methyl sites for hydroxylation is 1. The third-order valence-corrected chi connectivity index (χ3v) is 7.15. The minimum Gasteiger partial charge on any atom is -0.405 e. The number of nitrogens with two attached hydrogens (primary N) is 2. The highest BCUT2D eigenvalue weighted by molar-refractivity contribution is 5.88. The molecule has 0 spiro atoms. The van der Waals surface area contributed by atoms with Gasteiger partial charge in [0.2, 0.25) is 0 Å². The van der Waals surface area contributed by atoms with Gasteiger partial charge in [0.05, 0.1) is 17.9 Å². The molecule has 4 aromatic rings. The number of anilines is 1. The molecule has 0 amide bonds. The zero-order valence-corrected chi connectivity index (χ0v) is 23.1. The summed E-state index contributed by atoms with van der Waals surface area (Å²) in [5.74, 6) is 6.83. The lowest BCUT2D eigenvalue weighted by Gasteiger charge is -2.37. The first-order valence-corrected chi connectivity index (χ1v) is 13.3. The molecule has 0 fully saturated rings. The first-order chi connectivity index (χ1) is 18.9. The molecular formula is C33H40N6. The van der Waals surface area contributed by atoms with Gasteiger partial charge in [0.25, 0.3) is 0 Å². The van der Waals surface area contributed by atoms with Crippen LogP contribution in [-0.2, 0) is 13.0 Å². The molecule has 6 nitrogen and oxygen atoms in total. The van der Waals surface area contributed by atoms with Gasteiger partial charge in [0.1, 0.15) is 0 Å². The summed E-state index contributed by atoms with van der Waals surface area (Å²) in [6.45, 7) is 12.0. The van der Waals surface area contributed by atoms with Crippen molar-refractivity contribution in [1.82, 2.24) is 14.9 Å². The quantitative estimate of drug-likeness (QED) is 0.165. The molecule has 39 heavy (non-hydrogen) atoms. The summed E-state index contributed by atoms with van der Waals surface area (Å²) in [6, 6.07) is 25.8. The normalized spacial score (nSPS) is 13.1. The van der Waals surface area contributed by atoms with Crippen LogP contribution in [0, 0.1) is 6.92 Å². The molecule has 0 bridgehead atoms. The molecule has 0 unspecified atom stereocenters. The molecule has 0 saturated heterocycles. The first kappa shape index (κ1) is 27.6. The van der Waals surface area contributed by atoms with E-state index in [-0.39, 0.29) is 0 Å². The maximum Gasteiger partial charge on any atom is 0.0612 e. The minimum atomic E-state index is 0.667. The van der Waals surface area contributed by atoms with Crippen molar-refractivity contribution < 1.29 is 0 Å². The van der Waals surface area contributed by atoms with Crippen molar-refractivity contribution in [2.24, 2.45) is 11.6 Å². The molecule has 2 heterocycles. The standard InChI is InChI=1S/C31H35N5.C2H5N/c1-22-7-4-8-24(17-22)18-27-20-35(23(2)30-11-6-15-34-30)16-14-31(27)36(32)21-26-10-5-9-25-19-28(33-3)12-13-29(25)26;1-2-3/h4-13,15,17,19,33-34H,2,14,16,18,20-21,32H2,1,3H3;2H,1,3H2. The summed E-state index contributed by atoms with van der Waals surface area (Å²) in [4.78, 5) is 5.67. The monoisotopic (exact) mass is 520 g/mol. The Morgan fingerprint density at radius 3 is 2.62 bits per heavy atom. The average Bonchev–Trinajstić information content (AvgIpc) is 3.48. The van der Waals surface area contributed by atoms with Crippen molar-refractivity contribution in [2.75, 3.05) is 25.5 Å². The van der Waals surface area contributed by atoms with Crippen molar-refractivity contribution in [3.63, 3.8) is 0 Å². The van der Waals surface area contributed by atoms with Crippen LogP contribution in [0.1, 0.15) is 28.8 Å². The van der Waals surface area contributed by atoms with Gasteiger partial charge in [-0.15, -0.1) is 0 Å². The van der Waals surface area contributed by atoms with Gasteiger partial charge in [-0.05, 0) is 71.3 Å². The van der Waals surface area contributed by atoms with Gasteiger partial charge in [-0.2, -0.15) is 0 Å². The van der Waals surface area contributed by atoms with Crippen LogP contribution >= 0.6 is 0 Å². The smallest absolute Gasteiger partial charge is 0.0612 e. The van der Waals surface area contributed by atoms with Crippen LogP contribution in [0.15, 0.2) is 110 Å². The Morgan fingerprint density at radius 2 is 1.90 bits per heavy atom. The molecule has 1 aliphatic heterocycles. The van der Waals surface area contributed by atoms with Crippen LogP contribution in [0.25, 0.3) is 16.5 Å². The Kier molecular flexibility index (Phi) is 9.13. The number of nitrogens with one attached hydrogen (secondary N) is 2. The molecule has 3 aromatic carbocycles. The maximum absolute atomic E-state index is 6.83. The number of H-pyrrole nitrogens is 1. The molecule has 5 rings (SSSR count). The van der Waals surface area contributed by atoms with E-state index >= 15 is 0 Å². The van der Waals surface area contributed by atoms with Crippen molar-refractivity contribution in [2.45, 2.75) is 26.3 Å². The molecule has 1 aromatic heterocycles. The summed E-state index contributed by atoms with van der Waals surface area (Å²) >= 11 is 0. The first-order valence-electron chi connectivity index (χ1n) is 13.3. The lowest BCUT2D eigenvalue weighted by molar-refractivity contribution is 0.292. The maximum atomic E-state index is 6.83. The van der Waals surface area contributed by atoms with Gasteiger partial charge in [-0.25, -0.2) is 5.84 Å². The number of benzene rings is 3.